The first-order valence-electron chi connectivity index (χ1n) is 11.2. The topological polar surface area (TPSA) is 84.5 Å². The Kier molecular flexibility index (Phi) is 8.67. The second-order valence-corrected chi connectivity index (χ2v) is 9.15. The second-order valence-electron chi connectivity index (χ2n) is 8.71. The van der Waals surface area contributed by atoms with Crippen molar-refractivity contribution in [1.82, 2.24) is 10.6 Å². The molecule has 0 aliphatic heterocycles. The largest absolute Gasteiger partial charge is 0.467 e. The van der Waals surface area contributed by atoms with Gasteiger partial charge in [0.1, 0.15) is 17.9 Å². The van der Waals surface area contributed by atoms with E-state index in [1.165, 1.54) is 37.5 Å². The van der Waals surface area contributed by atoms with E-state index in [2.05, 4.69) is 10.6 Å². The molecule has 2 aliphatic rings. The van der Waals surface area contributed by atoms with Gasteiger partial charge in [0.05, 0.1) is 7.11 Å². The third-order valence-electron chi connectivity index (χ3n) is 6.12. The van der Waals surface area contributed by atoms with Crippen molar-refractivity contribution in [2.45, 2.75) is 63.5 Å². The molecule has 0 spiro atoms. The predicted octanol–water partition coefficient (Wildman–Crippen LogP) is 4.02. The molecule has 0 unspecified atom stereocenters. The van der Waals surface area contributed by atoms with Gasteiger partial charge in [0.15, 0.2) is 0 Å². The number of halogens is 2. The van der Waals surface area contributed by atoms with Gasteiger partial charge in [-0.1, -0.05) is 56.2 Å². The highest BCUT2D eigenvalue weighted by molar-refractivity contribution is 6.30. The highest BCUT2D eigenvalue weighted by atomic mass is 35.5. The van der Waals surface area contributed by atoms with Crippen LogP contribution in [0.5, 0.6) is 0 Å². The molecule has 2 aliphatic carbocycles. The van der Waals surface area contributed by atoms with Gasteiger partial charge in [0.2, 0.25) is 11.8 Å². The summed E-state index contributed by atoms with van der Waals surface area (Å²) in [5.74, 6) is -1.17. The number of carbonyl (C=O) groups is 3. The van der Waals surface area contributed by atoms with E-state index in [0.717, 1.165) is 38.5 Å². The number of rotatable bonds is 10. The van der Waals surface area contributed by atoms with E-state index >= 15 is 0 Å². The number of benzene rings is 1. The number of hydrogen-bond acceptors (Lipinski definition) is 4. The van der Waals surface area contributed by atoms with Gasteiger partial charge < -0.3 is 15.4 Å². The highest BCUT2D eigenvalue weighted by Crippen LogP contribution is 2.34. The summed E-state index contributed by atoms with van der Waals surface area (Å²) in [7, 11) is 1.31. The van der Waals surface area contributed by atoms with Gasteiger partial charge in [-0.25, -0.2) is 9.18 Å². The average Bonchev–Trinajstić information content (AvgIpc) is 3.43. The van der Waals surface area contributed by atoms with Crippen LogP contribution in [-0.4, -0.2) is 37.0 Å². The minimum absolute atomic E-state index is 0.218. The molecule has 2 atom stereocenters. The van der Waals surface area contributed by atoms with Crippen molar-refractivity contribution in [1.29, 1.82) is 0 Å². The van der Waals surface area contributed by atoms with Crippen LogP contribution in [0.25, 0.3) is 6.08 Å². The zero-order chi connectivity index (χ0) is 23.1. The molecule has 3 rings (SSSR count). The van der Waals surface area contributed by atoms with Crippen molar-refractivity contribution in [3.05, 3.63) is 40.7 Å². The van der Waals surface area contributed by atoms with E-state index in [9.17, 15) is 18.8 Å². The molecule has 0 heterocycles. The molecule has 32 heavy (non-hydrogen) atoms. The molecular formula is C24H30ClFN2O4. The number of nitrogens with one attached hydrogen (secondary N) is 2. The Morgan fingerprint density at radius 2 is 1.75 bits per heavy atom. The van der Waals surface area contributed by atoms with Crippen molar-refractivity contribution >= 4 is 35.5 Å². The van der Waals surface area contributed by atoms with E-state index in [0.29, 0.717) is 24.7 Å². The van der Waals surface area contributed by atoms with Crippen molar-refractivity contribution in [3.8, 4) is 0 Å². The fraction of sp³-hybridized carbons (Fsp3) is 0.542. The van der Waals surface area contributed by atoms with Crippen LogP contribution in [0.2, 0.25) is 5.02 Å². The Bertz CT molecular complexity index is 866. The zero-order valence-electron chi connectivity index (χ0n) is 18.2. The van der Waals surface area contributed by atoms with Crippen LogP contribution < -0.4 is 10.6 Å². The lowest BCUT2D eigenvalue weighted by Gasteiger charge is -2.23. The molecule has 2 fully saturated rings. The molecule has 0 radical (unpaired) electrons. The Morgan fingerprint density at radius 3 is 2.38 bits per heavy atom. The maximum atomic E-state index is 13.9. The Morgan fingerprint density at radius 1 is 1.09 bits per heavy atom. The van der Waals surface area contributed by atoms with Crippen molar-refractivity contribution in [3.63, 3.8) is 0 Å². The van der Waals surface area contributed by atoms with Gasteiger partial charge >= 0.3 is 5.97 Å². The van der Waals surface area contributed by atoms with E-state index in [1.807, 2.05) is 0 Å². The standard InChI is InChI=1S/C24H30ClFN2O4/c1-32-24(31)21(13-15-4-2-3-5-15)28-23(30)20(12-16-6-7-16)27-22(29)11-9-17-8-10-18(25)14-19(17)26/h8-11,14-16,20-21H,2-7,12-13H2,1H3,(H,27,29)(H,28,30)/b11-9+/t20-,21-/m0/s1. The molecule has 8 heteroatoms. The summed E-state index contributed by atoms with van der Waals surface area (Å²) >= 11 is 5.74. The molecule has 1 aromatic carbocycles. The summed E-state index contributed by atoms with van der Waals surface area (Å²) in [6, 6.07) is 2.67. The third kappa shape index (κ3) is 7.33. The number of methoxy groups -OCH3 is 1. The summed E-state index contributed by atoms with van der Waals surface area (Å²) in [5, 5.41) is 5.77. The number of carbonyl (C=O) groups excluding carboxylic acids is 3. The SMILES string of the molecule is COC(=O)[C@H](CC1CCCC1)NC(=O)[C@H](CC1CC1)NC(=O)/C=C/c1ccc(Cl)cc1F. The third-order valence-corrected chi connectivity index (χ3v) is 6.36. The molecule has 0 saturated heterocycles. The highest BCUT2D eigenvalue weighted by Gasteiger charge is 2.33. The fourth-order valence-corrected chi connectivity index (χ4v) is 4.31. The van der Waals surface area contributed by atoms with E-state index in [-0.39, 0.29) is 10.6 Å². The van der Waals surface area contributed by atoms with Gasteiger partial charge in [-0.3, -0.25) is 9.59 Å². The van der Waals surface area contributed by atoms with Crippen LogP contribution in [0.1, 0.15) is 56.9 Å². The molecule has 1 aromatic rings. The molecule has 2 amide bonds. The first-order chi connectivity index (χ1) is 15.4. The maximum Gasteiger partial charge on any atom is 0.328 e. The zero-order valence-corrected chi connectivity index (χ0v) is 19.0. The van der Waals surface area contributed by atoms with Crippen molar-refractivity contribution < 1.29 is 23.5 Å². The van der Waals surface area contributed by atoms with Gasteiger partial charge in [-0.15, -0.1) is 0 Å². The quantitative estimate of drug-likeness (QED) is 0.404. The molecule has 0 aromatic heterocycles. The number of amides is 2. The summed E-state index contributed by atoms with van der Waals surface area (Å²) in [4.78, 5) is 37.7. The monoisotopic (exact) mass is 464 g/mol. The molecule has 174 valence electrons. The fourth-order valence-electron chi connectivity index (χ4n) is 4.15. The smallest absolute Gasteiger partial charge is 0.328 e. The molecule has 6 nitrogen and oxygen atoms in total. The number of ether oxygens (including phenoxy) is 1. The maximum absolute atomic E-state index is 13.9. The lowest BCUT2D eigenvalue weighted by atomic mass is 9.98. The van der Waals surface area contributed by atoms with E-state index in [1.54, 1.807) is 0 Å². The van der Waals surface area contributed by atoms with Gasteiger partial charge in [-0.05, 0) is 42.9 Å². The Labute approximate surface area is 192 Å². The van der Waals surface area contributed by atoms with E-state index < -0.39 is 35.7 Å². The Hall–Kier alpha value is -2.41. The van der Waals surface area contributed by atoms with Crippen LogP contribution in [-0.2, 0) is 19.1 Å². The van der Waals surface area contributed by atoms with Crippen LogP contribution >= 0.6 is 11.6 Å². The summed E-state index contributed by atoms with van der Waals surface area (Å²) in [5.41, 5.74) is 0.218. The van der Waals surface area contributed by atoms with E-state index in [4.69, 9.17) is 16.3 Å². The molecular weight excluding hydrogens is 435 g/mol. The number of esters is 1. The van der Waals surface area contributed by atoms with Crippen LogP contribution in [0.4, 0.5) is 4.39 Å². The second kappa shape index (κ2) is 11.5. The minimum Gasteiger partial charge on any atom is -0.467 e. The van der Waals surface area contributed by atoms with Gasteiger partial charge in [0.25, 0.3) is 0 Å². The summed E-state index contributed by atoms with van der Waals surface area (Å²) in [6.45, 7) is 0. The average molecular weight is 465 g/mol. The van der Waals surface area contributed by atoms with Crippen LogP contribution in [0.15, 0.2) is 24.3 Å². The van der Waals surface area contributed by atoms with Crippen molar-refractivity contribution in [2.24, 2.45) is 11.8 Å². The first kappa shape index (κ1) is 24.2. The normalized spacial score (nSPS) is 18.3. The molecule has 2 saturated carbocycles. The number of hydrogen-bond donors (Lipinski definition) is 2. The predicted molar refractivity (Wildman–Crippen MR) is 120 cm³/mol. The lowest BCUT2D eigenvalue weighted by molar-refractivity contribution is -0.146. The van der Waals surface area contributed by atoms with Gasteiger partial charge in [0, 0.05) is 16.7 Å². The lowest BCUT2D eigenvalue weighted by Crippen LogP contribution is -2.52. The van der Waals surface area contributed by atoms with Gasteiger partial charge in [-0.2, -0.15) is 0 Å². The molecule has 2 N–H and O–H groups in total. The van der Waals surface area contributed by atoms with Crippen molar-refractivity contribution in [2.75, 3.05) is 7.11 Å². The summed E-state index contributed by atoms with van der Waals surface area (Å²) < 4.78 is 18.8. The minimum atomic E-state index is -0.773. The van der Waals surface area contributed by atoms with Crippen LogP contribution in [0.3, 0.4) is 0 Å². The molecule has 0 bridgehead atoms. The Balaban J connectivity index is 1.63. The van der Waals surface area contributed by atoms with Crippen LogP contribution in [0, 0.1) is 17.7 Å². The summed E-state index contributed by atoms with van der Waals surface area (Å²) in [6.07, 6.45) is 9.93. The first-order valence-corrected chi connectivity index (χ1v) is 11.6.